The Morgan fingerprint density at radius 3 is 2.43 bits per heavy atom. The van der Waals surface area contributed by atoms with Gasteiger partial charge in [0.1, 0.15) is 6.04 Å². The molecule has 2 aliphatic rings. The lowest BCUT2D eigenvalue weighted by Gasteiger charge is -2.26. The summed E-state index contributed by atoms with van der Waals surface area (Å²) in [6, 6.07) is -0.276. The van der Waals surface area contributed by atoms with Crippen LogP contribution in [0.25, 0.3) is 0 Å². The molecule has 2 rings (SSSR count). The van der Waals surface area contributed by atoms with E-state index in [4.69, 9.17) is 5.11 Å². The number of carboxylic acids is 1. The molecule has 0 aromatic heterocycles. The summed E-state index contributed by atoms with van der Waals surface area (Å²) >= 11 is 0. The van der Waals surface area contributed by atoms with Gasteiger partial charge in [-0.25, -0.2) is 0 Å². The van der Waals surface area contributed by atoms with E-state index in [1.165, 1.54) is 32.1 Å². The van der Waals surface area contributed by atoms with Crippen LogP contribution in [0.3, 0.4) is 0 Å². The highest BCUT2D eigenvalue weighted by atomic mass is 16.4. The van der Waals surface area contributed by atoms with Crippen LogP contribution in [0.2, 0.25) is 0 Å². The molecule has 1 saturated carbocycles. The molecule has 2 fully saturated rings. The zero-order valence-corrected chi connectivity index (χ0v) is 8.54. The molecule has 1 aliphatic carbocycles. The summed E-state index contributed by atoms with van der Waals surface area (Å²) in [7, 11) is 0. The quantitative estimate of drug-likeness (QED) is 0.707. The molecule has 1 saturated heterocycles. The molecule has 0 bridgehead atoms. The van der Waals surface area contributed by atoms with Crippen LogP contribution in [-0.4, -0.2) is 23.7 Å². The first-order chi connectivity index (χ1) is 6.77. The normalized spacial score (nSPS) is 34.6. The highest BCUT2D eigenvalue weighted by molar-refractivity contribution is 5.73. The number of hydrogen-bond donors (Lipinski definition) is 2. The second-order valence-corrected chi connectivity index (χ2v) is 4.69. The number of aliphatic carboxylic acids is 1. The number of hydrogen-bond acceptors (Lipinski definition) is 2. The van der Waals surface area contributed by atoms with Crippen molar-refractivity contribution in [2.24, 2.45) is 11.8 Å². The molecule has 1 heterocycles. The van der Waals surface area contributed by atoms with Gasteiger partial charge in [0, 0.05) is 0 Å². The topological polar surface area (TPSA) is 49.3 Å². The molecule has 14 heavy (non-hydrogen) atoms. The van der Waals surface area contributed by atoms with Crippen molar-refractivity contribution < 1.29 is 9.90 Å². The van der Waals surface area contributed by atoms with E-state index < -0.39 is 5.97 Å². The number of nitrogens with one attached hydrogen (secondary N) is 1. The third-order valence-electron chi connectivity index (χ3n) is 3.78. The fraction of sp³-hybridized carbons (Fsp3) is 0.909. The van der Waals surface area contributed by atoms with E-state index in [0.29, 0.717) is 5.92 Å². The summed E-state index contributed by atoms with van der Waals surface area (Å²) in [5, 5.41) is 12.0. The van der Waals surface area contributed by atoms with Crippen LogP contribution in [0.4, 0.5) is 0 Å². The Morgan fingerprint density at radius 2 is 1.86 bits per heavy atom. The molecule has 0 spiro atoms. The monoisotopic (exact) mass is 197 g/mol. The van der Waals surface area contributed by atoms with Gasteiger partial charge in [0.2, 0.25) is 0 Å². The van der Waals surface area contributed by atoms with E-state index in [0.717, 1.165) is 18.9 Å². The van der Waals surface area contributed by atoms with Crippen LogP contribution in [0.15, 0.2) is 0 Å². The summed E-state index contributed by atoms with van der Waals surface area (Å²) in [5.74, 6) is 0.736. The largest absolute Gasteiger partial charge is 0.480 e. The maximum atomic E-state index is 10.8. The molecular weight excluding hydrogens is 178 g/mol. The van der Waals surface area contributed by atoms with Gasteiger partial charge >= 0.3 is 5.97 Å². The molecular formula is C11H19NO2. The second-order valence-electron chi connectivity index (χ2n) is 4.69. The highest BCUT2D eigenvalue weighted by Gasteiger charge is 2.34. The molecule has 0 aromatic rings. The van der Waals surface area contributed by atoms with E-state index in [1.807, 2.05) is 0 Å². The predicted octanol–water partition coefficient (Wildman–Crippen LogP) is 1.63. The first kappa shape index (κ1) is 9.97. The second kappa shape index (κ2) is 4.30. The van der Waals surface area contributed by atoms with Crippen molar-refractivity contribution in [1.82, 2.24) is 5.32 Å². The lowest BCUT2D eigenvalue weighted by Crippen LogP contribution is -2.29. The van der Waals surface area contributed by atoms with Gasteiger partial charge in [0.25, 0.3) is 0 Å². The lowest BCUT2D eigenvalue weighted by molar-refractivity contribution is -0.139. The minimum atomic E-state index is -0.677. The van der Waals surface area contributed by atoms with Gasteiger partial charge in [-0.2, -0.15) is 0 Å². The minimum absolute atomic E-state index is 0.276. The van der Waals surface area contributed by atoms with E-state index in [1.54, 1.807) is 0 Å². The summed E-state index contributed by atoms with van der Waals surface area (Å²) in [5.41, 5.74) is 0. The molecule has 1 unspecified atom stereocenters. The van der Waals surface area contributed by atoms with Crippen LogP contribution >= 0.6 is 0 Å². The molecule has 2 atom stereocenters. The lowest BCUT2D eigenvalue weighted by atomic mass is 9.79. The van der Waals surface area contributed by atoms with Crippen molar-refractivity contribution in [3.63, 3.8) is 0 Å². The molecule has 1 aliphatic heterocycles. The van der Waals surface area contributed by atoms with Gasteiger partial charge in [-0.1, -0.05) is 32.1 Å². The maximum Gasteiger partial charge on any atom is 0.320 e. The molecule has 0 radical (unpaired) electrons. The van der Waals surface area contributed by atoms with Gasteiger partial charge in [-0.15, -0.1) is 0 Å². The van der Waals surface area contributed by atoms with Gasteiger partial charge in [-0.3, -0.25) is 4.79 Å². The summed E-state index contributed by atoms with van der Waals surface area (Å²) in [6.07, 6.45) is 7.55. The van der Waals surface area contributed by atoms with Gasteiger partial charge in [-0.05, 0) is 24.8 Å². The zero-order chi connectivity index (χ0) is 9.97. The van der Waals surface area contributed by atoms with E-state index in [-0.39, 0.29) is 6.04 Å². The van der Waals surface area contributed by atoms with Crippen molar-refractivity contribution in [3.05, 3.63) is 0 Å². The third kappa shape index (κ3) is 2.08. The molecule has 3 nitrogen and oxygen atoms in total. The van der Waals surface area contributed by atoms with Crippen LogP contribution in [0, 0.1) is 11.8 Å². The van der Waals surface area contributed by atoms with Crippen LogP contribution in [-0.2, 0) is 4.79 Å². The van der Waals surface area contributed by atoms with E-state index in [2.05, 4.69) is 5.32 Å². The average molecular weight is 197 g/mol. The predicted molar refractivity (Wildman–Crippen MR) is 54.1 cm³/mol. The summed E-state index contributed by atoms with van der Waals surface area (Å²) in [4.78, 5) is 10.8. The van der Waals surface area contributed by atoms with Gasteiger partial charge in [0.05, 0.1) is 0 Å². The summed E-state index contributed by atoms with van der Waals surface area (Å²) in [6.45, 7) is 0.918. The van der Waals surface area contributed by atoms with Crippen molar-refractivity contribution in [3.8, 4) is 0 Å². The van der Waals surface area contributed by atoms with E-state index in [9.17, 15) is 4.79 Å². The third-order valence-corrected chi connectivity index (χ3v) is 3.78. The first-order valence-corrected chi connectivity index (χ1v) is 5.73. The van der Waals surface area contributed by atoms with Crippen molar-refractivity contribution >= 4 is 5.97 Å². The molecule has 3 heteroatoms. The Balaban J connectivity index is 1.85. The molecule has 80 valence electrons. The smallest absolute Gasteiger partial charge is 0.320 e. The molecule has 2 N–H and O–H groups in total. The first-order valence-electron chi connectivity index (χ1n) is 5.73. The van der Waals surface area contributed by atoms with Crippen LogP contribution in [0.1, 0.15) is 38.5 Å². The van der Waals surface area contributed by atoms with Crippen molar-refractivity contribution in [2.45, 2.75) is 44.6 Å². The molecule has 0 aromatic carbocycles. The number of carboxylic acid groups (broad SMARTS) is 1. The number of rotatable bonds is 2. The Kier molecular flexibility index (Phi) is 3.06. The summed E-state index contributed by atoms with van der Waals surface area (Å²) < 4.78 is 0. The molecule has 0 amide bonds. The highest BCUT2D eigenvalue weighted by Crippen LogP contribution is 2.34. The van der Waals surface area contributed by atoms with Crippen molar-refractivity contribution in [1.29, 1.82) is 0 Å². The van der Waals surface area contributed by atoms with E-state index >= 15 is 0 Å². The van der Waals surface area contributed by atoms with Crippen LogP contribution in [0.5, 0.6) is 0 Å². The Hall–Kier alpha value is -0.570. The number of carbonyl (C=O) groups is 1. The average Bonchev–Trinajstić information content (AvgIpc) is 2.68. The van der Waals surface area contributed by atoms with Crippen LogP contribution < -0.4 is 5.32 Å². The Labute approximate surface area is 84.9 Å². The SMILES string of the molecule is O=C(O)[C@@H]1CC(C2CCCCC2)CN1. The minimum Gasteiger partial charge on any atom is -0.480 e. The Morgan fingerprint density at radius 1 is 1.14 bits per heavy atom. The fourth-order valence-corrected chi connectivity index (χ4v) is 2.92. The zero-order valence-electron chi connectivity index (χ0n) is 8.54. The Bertz CT molecular complexity index is 211. The standard InChI is InChI=1S/C11H19NO2/c13-11(14)10-6-9(7-12-10)8-4-2-1-3-5-8/h8-10,12H,1-7H2,(H,13,14)/t9?,10-/m0/s1. The maximum absolute atomic E-state index is 10.8. The van der Waals surface area contributed by atoms with Gasteiger partial charge < -0.3 is 10.4 Å². The fourth-order valence-electron chi connectivity index (χ4n) is 2.92. The van der Waals surface area contributed by atoms with Crippen molar-refractivity contribution in [2.75, 3.05) is 6.54 Å². The van der Waals surface area contributed by atoms with Gasteiger partial charge in [0.15, 0.2) is 0 Å².